The van der Waals surface area contributed by atoms with E-state index in [1.807, 2.05) is 11.9 Å². The number of aromatic nitrogens is 2. The Morgan fingerprint density at radius 1 is 1.32 bits per heavy atom. The fraction of sp³-hybridized carbons (Fsp3) is 0.643. The Kier molecular flexibility index (Phi) is 4.35. The van der Waals surface area contributed by atoms with Crippen molar-refractivity contribution in [3.8, 4) is 0 Å². The number of anilines is 1. The molecule has 1 aliphatic carbocycles. The van der Waals surface area contributed by atoms with Crippen molar-refractivity contribution in [3.63, 3.8) is 0 Å². The van der Waals surface area contributed by atoms with Gasteiger partial charge in [0.2, 0.25) is 0 Å². The van der Waals surface area contributed by atoms with Crippen LogP contribution in [0, 0.1) is 5.92 Å². The summed E-state index contributed by atoms with van der Waals surface area (Å²) in [5.74, 6) is 1.37. The quantitative estimate of drug-likeness (QED) is 0.907. The Morgan fingerprint density at radius 2 is 2.00 bits per heavy atom. The summed E-state index contributed by atoms with van der Waals surface area (Å²) in [6.45, 7) is 2.28. The molecule has 1 aliphatic rings. The van der Waals surface area contributed by atoms with Crippen LogP contribution in [-0.2, 0) is 0 Å². The smallest absolute Gasteiger partial charge is 0.274 e. The van der Waals surface area contributed by atoms with Gasteiger partial charge in [-0.3, -0.25) is 9.78 Å². The number of carbonyl (C=O) groups is 1. The van der Waals surface area contributed by atoms with Crippen molar-refractivity contribution in [2.24, 2.45) is 5.92 Å². The van der Waals surface area contributed by atoms with Gasteiger partial charge in [-0.1, -0.05) is 6.92 Å². The van der Waals surface area contributed by atoms with Gasteiger partial charge in [-0.2, -0.15) is 0 Å². The van der Waals surface area contributed by atoms with Crippen molar-refractivity contribution < 1.29 is 4.79 Å². The van der Waals surface area contributed by atoms with E-state index in [-0.39, 0.29) is 5.91 Å². The molecule has 0 saturated heterocycles. The lowest BCUT2D eigenvalue weighted by molar-refractivity contribution is 0.0673. The molecule has 104 valence electrons. The second-order valence-corrected chi connectivity index (χ2v) is 5.37. The highest BCUT2D eigenvalue weighted by molar-refractivity contribution is 5.92. The number of hydrogen-bond acceptors (Lipinski definition) is 4. The SMILES string of the molecule is CNc1cncc(C(=O)N(C)C2CCC(C)CC2)n1. The summed E-state index contributed by atoms with van der Waals surface area (Å²) in [6, 6.07) is 0.337. The number of nitrogens with one attached hydrogen (secondary N) is 1. The van der Waals surface area contributed by atoms with Crippen molar-refractivity contribution >= 4 is 11.7 Å². The first-order valence-corrected chi connectivity index (χ1v) is 6.88. The van der Waals surface area contributed by atoms with Gasteiger partial charge in [0.25, 0.3) is 5.91 Å². The lowest BCUT2D eigenvalue weighted by Gasteiger charge is -2.33. The molecule has 1 saturated carbocycles. The zero-order chi connectivity index (χ0) is 13.8. The highest BCUT2D eigenvalue weighted by atomic mass is 16.2. The van der Waals surface area contributed by atoms with Crippen LogP contribution in [0.2, 0.25) is 0 Å². The normalized spacial score (nSPS) is 22.9. The van der Waals surface area contributed by atoms with Crippen molar-refractivity contribution in [1.82, 2.24) is 14.9 Å². The van der Waals surface area contributed by atoms with Crippen LogP contribution in [0.25, 0.3) is 0 Å². The van der Waals surface area contributed by atoms with Crippen molar-refractivity contribution in [2.45, 2.75) is 38.6 Å². The molecular formula is C14H22N4O. The van der Waals surface area contributed by atoms with Gasteiger partial charge >= 0.3 is 0 Å². The average molecular weight is 262 g/mol. The maximum absolute atomic E-state index is 12.4. The predicted octanol–water partition coefficient (Wildman–Crippen LogP) is 2.17. The first-order chi connectivity index (χ1) is 9.11. The molecule has 1 heterocycles. The minimum absolute atomic E-state index is 0.0378. The number of hydrogen-bond donors (Lipinski definition) is 1. The minimum Gasteiger partial charge on any atom is -0.372 e. The number of rotatable bonds is 3. The molecule has 0 atom stereocenters. The Balaban J connectivity index is 2.05. The van der Waals surface area contributed by atoms with Gasteiger partial charge in [0.15, 0.2) is 0 Å². The summed E-state index contributed by atoms with van der Waals surface area (Å²) in [5, 5.41) is 2.90. The topological polar surface area (TPSA) is 58.1 Å². The van der Waals surface area contributed by atoms with E-state index in [9.17, 15) is 4.79 Å². The van der Waals surface area contributed by atoms with E-state index in [1.54, 1.807) is 13.2 Å². The first-order valence-electron chi connectivity index (χ1n) is 6.88. The first kappa shape index (κ1) is 13.8. The monoisotopic (exact) mass is 262 g/mol. The van der Waals surface area contributed by atoms with E-state index in [4.69, 9.17) is 0 Å². The van der Waals surface area contributed by atoms with E-state index in [0.717, 1.165) is 18.8 Å². The standard InChI is InChI=1S/C14H22N4O/c1-10-4-6-11(7-5-10)18(3)14(19)12-8-16-9-13(15-2)17-12/h8-11H,4-7H2,1-3H3,(H,15,17). The van der Waals surface area contributed by atoms with Crippen LogP contribution in [0.3, 0.4) is 0 Å². The summed E-state index contributed by atoms with van der Waals surface area (Å²) < 4.78 is 0. The molecule has 5 nitrogen and oxygen atoms in total. The Morgan fingerprint density at radius 3 is 2.63 bits per heavy atom. The van der Waals surface area contributed by atoms with Crippen LogP contribution in [0.4, 0.5) is 5.82 Å². The Labute approximate surface area is 114 Å². The van der Waals surface area contributed by atoms with E-state index < -0.39 is 0 Å². The average Bonchev–Trinajstić information content (AvgIpc) is 2.46. The summed E-state index contributed by atoms with van der Waals surface area (Å²) in [4.78, 5) is 22.5. The molecule has 5 heteroatoms. The maximum Gasteiger partial charge on any atom is 0.274 e. The molecule has 0 aromatic carbocycles. The molecule has 1 aromatic rings. The van der Waals surface area contributed by atoms with Crippen LogP contribution in [-0.4, -0.2) is 40.9 Å². The van der Waals surface area contributed by atoms with Crippen LogP contribution >= 0.6 is 0 Å². The van der Waals surface area contributed by atoms with E-state index in [1.165, 1.54) is 19.0 Å². The highest BCUT2D eigenvalue weighted by Gasteiger charge is 2.26. The van der Waals surface area contributed by atoms with Gasteiger partial charge in [0.05, 0.1) is 12.4 Å². The van der Waals surface area contributed by atoms with Gasteiger partial charge in [0, 0.05) is 20.1 Å². The molecule has 0 aliphatic heterocycles. The molecule has 1 N–H and O–H groups in total. The van der Waals surface area contributed by atoms with Crippen LogP contribution in [0.15, 0.2) is 12.4 Å². The van der Waals surface area contributed by atoms with Crippen molar-refractivity contribution in [1.29, 1.82) is 0 Å². The lowest BCUT2D eigenvalue weighted by Crippen LogP contribution is -2.39. The molecule has 1 amide bonds. The molecule has 0 spiro atoms. The second-order valence-electron chi connectivity index (χ2n) is 5.37. The maximum atomic E-state index is 12.4. The van der Waals surface area contributed by atoms with E-state index in [0.29, 0.717) is 17.6 Å². The second kappa shape index (κ2) is 5.99. The lowest BCUT2D eigenvalue weighted by atomic mass is 9.86. The summed E-state index contributed by atoms with van der Waals surface area (Å²) in [7, 11) is 3.64. The largest absolute Gasteiger partial charge is 0.372 e. The predicted molar refractivity (Wildman–Crippen MR) is 75.1 cm³/mol. The molecule has 1 aromatic heterocycles. The zero-order valence-corrected chi connectivity index (χ0v) is 11.9. The van der Waals surface area contributed by atoms with Crippen LogP contribution in [0.1, 0.15) is 43.1 Å². The fourth-order valence-corrected chi connectivity index (χ4v) is 2.57. The van der Waals surface area contributed by atoms with Crippen molar-refractivity contribution in [2.75, 3.05) is 19.4 Å². The summed E-state index contributed by atoms with van der Waals surface area (Å²) in [5.41, 5.74) is 0.410. The van der Waals surface area contributed by atoms with Crippen LogP contribution < -0.4 is 5.32 Å². The molecule has 19 heavy (non-hydrogen) atoms. The number of carbonyl (C=O) groups excluding carboxylic acids is 1. The third-order valence-electron chi connectivity index (χ3n) is 3.96. The Bertz CT molecular complexity index is 441. The van der Waals surface area contributed by atoms with Gasteiger partial charge in [-0.05, 0) is 31.6 Å². The molecule has 0 unspecified atom stereocenters. The number of amides is 1. The molecule has 0 bridgehead atoms. The fourth-order valence-electron chi connectivity index (χ4n) is 2.57. The minimum atomic E-state index is -0.0378. The summed E-state index contributed by atoms with van der Waals surface area (Å²) in [6.07, 6.45) is 7.71. The van der Waals surface area contributed by atoms with Crippen molar-refractivity contribution in [3.05, 3.63) is 18.1 Å². The number of nitrogens with zero attached hydrogens (tertiary/aromatic N) is 3. The van der Waals surface area contributed by atoms with E-state index >= 15 is 0 Å². The molecule has 0 radical (unpaired) electrons. The summed E-state index contributed by atoms with van der Waals surface area (Å²) >= 11 is 0. The molecule has 1 fully saturated rings. The van der Waals surface area contributed by atoms with Gasteiger partial charge in [-0.25, -0.2) is 4.98 Å². The van der Waals surface area contributed by atoms with Gasteiger partial charge < -0.3 is 10.2 Å². The third kappa shape index (κ3) is 3.22. The van der Waals surface area contributed by atoms with Gasteiger partial charge in [-0.15, -0.1) is 0 Å². The van der Waals surface area contributed by atoms with Gasteiger partial charge in [0.1, 0.15) is 11.5 Å². The third-order valence-corrected chi connectivity index (χ3v) is 3.96. The zero-order valence-electron chi connectivity index (χ0n) is 11.9. The highest BCUT2D eigenvalue weighted by Crippen LogP contribution is 2.27. The van der Waals surface area contributed by atoms with Crippen LogP contribution in [0.5, 0.6) is 0 Å². The molecule has 2 rings (SSSR count). The molecular weight excluding hydrogens is 240 g/mol. The van der Waals surface area contributed by atoms with E-state index in [2.05, 4.69) is 22.2 Å². The Hall–Kier alpha value is -1.65.